The number of carbonyl (C=O) groups excluding carboxylic acids is 4. The molecule has 178 valence electrons. The molecule has 1 atom stereocenters. The second kappa shape index (κ2) is 9.08. The number of nitrogens with zero attached hydrogens (tertiary/aromatic N) is 1. The monoisotopic (exact) mass is 469 g/mol. The van der Waals surface area contributed by atoms with Crippen molar-refractivity contribution >= 4 is 23.5 Å². The van der Waals surface area contributed by atoms with Crippen LogP contribution in [0.3, 0.4) is 0 Å². The van der Waals surface area contributed by atoms with Crippen LogP contribution in [0.2, 0.25) is 0 Å². The molecule has 3 amide bonds. The van der Waals surface area contributed by atoms with E-state index < -0.39 is 35.4 Å². The predicted molar refractivity (Wildman–Crippen MR) is 120 cm³/mol. The summed E-state index contributed by atoms with van der Waals surface area (Å²) in [5, 5.41) is 2.11. The van der Waals surface area contributed by atoms with Crippen LogP contribution in [0.4, 0.5) is 8.78 Å². The van der Waals surface area contributed by atoms with Gasteiger partial charge in [0.05, 0.1) is 1.37 Å². The molecule has 2 heterocycles. The maximum atomic E-state index is 14.7. The number of hydrogen-bond acceptors (Lipinski definition) is 4. The molecule has 1 saturated heterocycles. The molecule has 0 bridgehead atoms. The highest BCUT2D eigenvalue weighted by atomic mass is 19.3. The summed E-state index contributed by atoms with van der Waals surface area (Å²) < 4.78 is 38.0. The van der Waals surface area contributed by atoms with Crippen LogP contribution in [0.5, 0.6) is 0 Å². The molecule has 0 aliphatic carbocycles. The molecule has 1 unspecified atom stereocenters. The standard InChI is InChI=1S/C26H26F2N2O4/c1-15(2)17-5-7-19(8-6-17)26(27,28)22(31)11-4-16-3-9-20-18(13-16)14-30(25(20)34)21-10-12-23(32)29-24(21)33/h3,5-9,13,15,21H,4,10-12,14H2,1-2H3,(H,29,32,33)/i21D. The van der Waals surface area contributed by atoms with Crippen LogP contribution in [-0.2, 0) is 33.3 Å². The van der Waals surface area contributed by atoms with Crippen LogP contribution in [-0.4, -0.2) is 34.4 Å². The first kappa shape index (κ1) is 22.4. The van der Waals surface area contributed by atoms with E-state index >= 15 is 0 Å². The molecule has 1 fully saturated rings. The molecule has 2 aromatic carbocycles. The van der Waals surface area contributed by atoms with Gasteiger partial charge in [0.25, 0.3) is 5.91 Å². The number of piperidine rings is 1. The van der Waals surface area contributed by atoms with Gasteiger partial charge in [-0.3, -0.25) is 24.5 Å². The van der Waals surface area contributed by atoms with E-state index in [1.54, 1.807) is 24.3 Å². The Kier molecular flexibility index (Phi) is 5.98. The number of hydrogen-bond donors (Lipinski definition) is 1. The second-order valence-electron chi connectivity index (χ2n) is 8.98. The lowest BCUT2D eigenvalue weighted by molar-refractivity contribution is -0.144. The highest BCUT2D eigenvalue weighted by molar-refractivity contribution is 6.05. The van der Waals surface area contributed by atoms with Gasteiger partial charge in [-0.05, 0) is 41.5 Å². The van der Waals surface area contributed by atoms with Gasteiger partial charge in [-0.2, -0.15) is 8.78 Å². The molecular weight excluding hydrogens is 442 g/mol. The number of amides is 3. The summed E-state index contributed by atoms with van der Waals surface area (Å²) >= 11 is 0. The van der Waals surface area contributed by atoms with Crippen molar-refractivity contribution in [3.63, 3.8) is 0 Å². The number of alkyl halides is 2. The van der Waals surface area contributed by atoms with Gasteiger partial charge in [0.1, 0.15) is 6.02 Å². The summed E-state index contributed by atoms with van der Waals surface area (Å²) in [5.74, 6) is -6.44. The van der Waals surface area contributed by atoms with Crippen molar-refractivity contribution < 1.29 is 29.3 Å². The number of rotatable bonds is 7. The SMILES string of the molecule is [2H]C1(N2Cc3cc(CCC(=O)C(F)(F)c4ccc(C(C)C)cc4)ccc3C2=O)CCC(=O)NC1=O. The van der Waals surface area contributed by atoms with Crippen molar-refractivity contribution in [1.82, 2.24) is 10.2 Å². The zero-order valence-electron chi connectivity index (χ0n) is 20.0. The lowest BCUT2D eigenvalue weighted by atomic mass is 9.95. The van der Waals surface area contributed by atoms with E-state index in [-0.39, 0.29) is 43.7 Å². The van der Waals surface area contributed by atoms with Crippen molar-refractivity contribution in [3.05, 3.63) is 70.3 Å². The molecule has 0 radical (unpaired) electrons. The third-order valence-corrected chi connectivity index (χ3v) is 6.33. The Morgan fingerprint density at radius 2 is 1.88 bits per heavy atom. The lowest BCUT2D eigenvalue weighted by Gasteiger charge is -2.29. The van der Waals surface area contributed by atoms with Gasteiger partial charge in [-0.15, -0.1) is 0 Å². The Labute approximate surface area is 197 Å². The minimum Gasteiger partial charge on any atom is -0.322 e. The first-order valence-electron chi connectivity index (χ1n) is 11.7. The number of imide groups is 1. The van der Waals surface area contributed by atoms with Crippen molar-refractivity contribution in [2.24, 2.45) is 0 Å². The molecular formula is C26H26F2N2O4. The fourth-order valence-electron chi connectivity index (χ4n) is 4.27. The molecule has 0 aromatic heterocycles. The molecule has 1 N–H and O–H groups in total. The number of ketones is 1. The number of aryl methyl sites for hydroxylation is 1. The number of nitrogens with one attached hydrogen (secondary N) is 1. The highest BCUT2D eigenvalue weighted by Gasteiger charge is 2.41. The zero-order chi connectivity index (χ0) is 25.5. The minimum atomic E-state index is -3.61. The van der Waals surface area contributed by atoms with Crippen LogP contribution in [0, 0.1) is 0 Å². The fraction of sp³-hybridized carbons (Fsp3) is 0.385. The van der Waals surface area contributed by atoms with Crippen LogP contribution in [0.1, 0.15) is 73.0 Å². The van der Waals surface area contributed by atoms with Gasteiger partial charge in [0.2, 0.25) is 17.6 Å². The first-order chi connectivity index (χ1) is 16.4. The summed E-state index contributed by atoms with van der Waals surface area (Å²) in [7, 11) is 0. The van der Waals surface area contributed by atoms with E-state index in [1.165, 1.54) is 18.2 Å². The van der Waals surface area contributed by atoms with Crippen LogP contribution in [0.15, 0.2) is 42.5 Å². The number of benzene rings is 2. The number of fused-ring (bicyclic) bond motifs is 1. The molecule has 0 saturated carbocycles. The molecule has 2 aromatic rings. The maximum Gasteiger partial charge on any atom is 0.330 e. The van der Waals surface area contributed by atoms with E-state index in [0.29, 0.717) is 16.7 Å². The summed E-state index contributed by atoms with van der Waals surface area (Å²) in [6, 6.07) is 8.64. The molecule has 6 nitrogen and oxygen atoms in total. The van der Waals surface area contributed by atoms with Crippen molar-refractivity contribution in [3.8, 4) is 0 Å². The van der Waals surface area contributed by atoms with Crippen LogP contribution < -0.4 is 5.32 Å². The van der Waals surface area contributed by atoms with E-state index in [4.69, 9.17) is 1.37 Å². The first-order valence-corrected chi connectivity index (χ1v) is 11.2. The smallest absolute Gasteiger partial charge is 0.322 e. The van der Waals surface area contributed by atoms with Crippen LogP contribution >= 0.6 is 0 Å². The van der Waals surface area contributed by atoms with Gasteiger partial charge in [-0.1, -0.05) is 50.2 Å². The summed E-state index contributed by atoms with van der Waals surface area (Å²) in [6.45, 7) is 3.90. The maximum absolute atomic E-state index is 14.7. The zero-order valence-corrected chi connectivity index (χ0v) is 19.0. The summed E-state index contributed by atoms with van der Waals surface area (Å²) in [6.07, 6.45) is -0.480. The quantitative estimate of drug-likeness (QED) is 0.624. The summed E-state index contributed by atoms with van der Waals surface area (Å²) in [5.41, 5.74) is 2.02. The molecule has 0 spiro atoms. The van der Waals surface area contributed by atoms with Gasteiger partial charge in [0.15, 0.2) is 0 Å². The third-order valence-electron chi connectivity index (χ3n) is 6.33. The normalized spacial score (nSPS) is 20.9. The number of carbonyl (C=O) groups is 4. The van der Waals surface area contributed by atoms with Crippen molar-refractivity contribution in [2.75, 3.05) is 0 Å². The molecule has 8 heteroatoms. The third kappa shape index (κ3) is 4.49. The Hall–Kier alpha value is -3.42. The van der Waals surface area contributed by atoms with Crippen molar-refractivity contribution in [2.45, 2.75) is 63.9 Å². The predicted octanol–water partition coefficient (Wildman–Crippen LogP) is 3.86. The Bertz CT molecular complexity index is 1210. The van der Waals surface area contributed by atoms with Gasteiger partial charge in [0, 0.05) is 30.5 Å². The summed E-state index contributed by atoms with van der Waals surface area (Å²) in [4.78, 5) is 50.1. The molecule has 34 heavy (non-hydrogen) atoms. The van der Waals surface area contributed by atoms with E-state index in [1.807, 2.05) is 13.8 Å². The van der Waals surface area contributed by atoms with E-state index in [0.717, 1.165) is 10.5 Å². The van der Waals surface area contributed by atoms with Gasteiger partial charge in [-0.25, -0.2) is 0 Å². The van der Waals surface area contributed by atoms with Gasteiger partial charge < -0.3 is 4.90 Å². The Morgan fingerprint density at radius 3 is 2.53 bits per heavy atom. The van der Waals surface area contributed by atoms with Crippen LogP contribution in [0.25, 0.3) is 0 Å². The molecule has 2 aliphatic rings. The highest BCUT2D eigenvalue weighted by Crippen LogP contribution is 2.33. The molecule has 4 rings (SSSR count). The topological polar surface area (TPSA) is 83.6 Å². The van der Waals surface area contributed by atoms with Crippen molar-refractivity contribution in [1.29, 1.82) is 0 Å². The minimum absolute atomic E-state index is 0.0145. The lowest BCUT2D eigenvalue weighted by Crippen LogP contribution is -2.52. The average molecular weight is 470 g/mol. The molecule has 2 aliphatic heterocycles. The fourth-order valence-corrected chi connectivity index (χ4v) is 4.27. The average Bonchev–Trinajstić information content (AvgIpc) is 3.16. The van der Waals surface area contributed by atoms with E-state index in [2.05, 4.69) is 5.32 Å². The van der Waals surface area contributed by atoms with E-state index in [9.17, 15) is 28.0 Å². The van der Waals surface area contributed by atoms with Gasteiger partial charge >= 0.3 is 5.92 Å². The number of Topliss-reactive ketones (excluding diaryl/α,β-unsaturated/α-hetero) is 1. The second-order valence-corrected chi connectivity index (χ2v) is 8.98. The Balaban J connectivity index is 1.44. The largest absolute Gasteiger partial charge is 0.330 e. The number of halogens is 2. The Morgan fingerprint density at radius 1 is 1.18 bits per heavy atom.